The average Bonchev–Trinajstić information content (AvgIpc) is 2.26. The molecule has 0 saturated heterocycles. The Hall–Kier alpha value is -1.38. The summed E-state index contributed by atoms with van der Waals surface area (Å²) in [4.78, 5) is 0.187. The fraction of sp³-hybridized carbons (Fsp3) is 0.364. The molecular formula is C11H14N2O2S. The summed E-state index contributed by atoms with van der Waals surface area (Å²) in [6.07, 6.45) is 0.446. The lowest BCUT2D eigenvalue weighted by Crippen LogP contribution is -2.33. The first-order chi connectivity index (χ1) is 7.49. The van der Waals surface area contributed by atoms with Crippen LogP contribution in [-0.4, -0.2) is 14.5 Å². The minimum absolute atomic E-state index is 0.187. The zero-order valence-corrected chi connectivity index (χ0v) is 10.1. The zero-order chi connectivity index (χ0) is 12.2. The summed E-state index contributed by atoms with van der Waals surface area (Å²) in [5.74, 6) is 0. The van der Waals surface area contributed by atoms with Crippen LogP contribution in [0.25, 0.3) is 0 Å². The number of sulfonamides is 1. The van der Waals surface area contributed by atoms with Crippen LogP contribution in [0.4, 0.5) is 0 Å². The van der Waals surface area contributed by atoms with E-state index in [-0.39, 0.29) is 4.90 Å². The van der Waals surface area contributed by atoms with Crippen molar-refractivity contribution in [2.75, 3.05) is 0 Å². The number of rotatable bonds is 4. The molecule has 0 aliphatic carbocycles. The van der Waals surface area contributed by atoms with Gasteiger partial charge in [-0.05, 0) is 25.5 Å². The van der Waals surface area contributed by atoms with Crippen LogP contribution in [0.15, 0.2) is 29.2 Å². The van der Waals surface area contributed by atoms with Gasteiger partial charge in [-0.25, -0.2) is 8.42 Å². The molecule has 0 radical (unpaired) electrons. The molecule has 0 aliphatic rings. The van der Waals surface area contributed by atoms with Crippen molar-refractivity contribution in [2.24, 2.45) is 0 Å². The smallest absolute Gasteiger partial charge is 0.207 e. The molecule has 1 N–H and O–H groups in total. The highest BCUT2D eigenvalue weighted by Gasteiger charge is 2.18. The zero-order valence-electron chi connectivity index (χ0n) is 9.27. The molecule has 5 heteroatoms. The quantitative estimate of drug-likeness (QED) is 0.865. The number of nitrogens with zero attached hydrogens (tertiary/aromatic N) is 1. The molecule has 86 valence electrons. The van der Waals surface area contributed by atoms with E-state index in [9.17, 15) is 8.42 Å². The van der Waals surface area contributed by atoms with Crippen LogP contribution < -0.4 is 4.72 Å². The van der Waals surface area contributed by atoms with E-state index in [0.29, 0.717) is 6.42 Å². The first-order valence-electron chi connectivity index (χ1n) is 4.98. The van der Waals surface area contributed by atoms with Crippen LogP contribution in [0.1, 0.15) is 18.9 Å². The molecular weight excluding hydrogens is 224 g/mol. The van der Waals surface area contributed by atoms with Crippen LogP contribution in [0.2, 0.25) is 0 Å². The minimum Gasteiger partial charge on any atom is -0.207 e. The van der Waals surface area contributed by atoms with E-state index < -0.39 is 16.1 Å². The highest BCUT2D eigenvalue weighted by molar-refractivity contribution is 7.89. The molecule has 0 saturated carbocycles. The number of hydrogen-bond acceptors (Lipinski definition) is 3. The Labute approximate surface area is 96.0 Å². The lowest BCUT2D eigenvalue weighted by atomic mass is 10.2. The van der Waals surface area contributed by atoms with E-state index in [1.54, 1.807) is 19.1 Å². The fourth-order valence-corrected chi connectivity index (χ4v) is 2.40. The maximum absolute atomic E-state index is 11.8. The number of nitrogens with one attached hydrogen (secondary N) is 1. The molecule has 0 fully saturated rings. The summed E-state index contributed by atoms with van der Waals surface area (Å²) >= 11 is 0. The molecule has 0 aromatic heterocycles. The molecule has 1 aromatic carbocycles. The second kappa shape index (κ2) is 5.10. The van der Waals surface area contributed by atoms with E-state index in [4.69, 9.17) is 5.26 Å². The van der Waals surface area contributed by atoms with Gasteiger partial charge in [0, 0.05) is 0 Å². The third-order valence-corrected chi connectivity index (χ3v) is 3.68. The van der Waals surface area contributed by atoms with Gasteiger partial charge >= 0.3 is 0 Å². The predicted molar refractivity (Wildman–Crippen MR) is 61.2 cm³/mol. The Morgan fingerprint density at radius 1 is 1.38 bits per heavy atom. The van der Waals surface area contributed by atoms with Crippen molar-refractivity contribution in [3.8, 4) is 6.07 Å². The van der Waals surface area contributed by atoms with Gasteiger partial charge in [-0.3, -0.25) is 0 Å². The Morgan fingerprint density at radius 2 is 1.94 bits per heavy atom. The van der Waals surface area contributed by atoms with E-state index in [2.05, 4.69) is 4.72 Å². The number of benzene rings is 1. The van der Waals surface area contributed by atoms with E-state index in [0.717, 1.165) is 5.56 Å². The summed E-state index contributed by atoms with van der Waals surface area (Å²) in [6.45, 7) is 3.64. The van der Waals surface area contributed by atoms with E-state index in [1.807, 2.05) is 13.0 Å². The lowest BCUT2D eigenvalue weighted by molar-refractivity contribution is 0.569. The number of hydrogen-bond donors (Lipinski definition) is 1. The van der Waals surface area contributed by atoms with Crippen molar-refractivity contribution in [1.29, 1.82) is 5.26 Å². The van der Waals surface area contributed by atoms with Crippen LogP contribution >= 0.6 is 0 Å². The van der Waals surface area contributed by atoms with Crippen molar-refractivity contribution in [1.82, 2.24) is 4.72 Å². The molecule has 0 bridgehead atoms. The summed E-state index contributed by atoms with van der Waals surface area (Å²) < 4.78 is 26.0. The van der Waals surface area contributed by atoms with Gasteiger partial charge in [0.15, 0.2) is 0 Å². The number of nitriles is 1. The Morgan fingerprint density at radius 3 is 2.38 bits per heavy atom. The van der Waals surface area contributed by atoms with E-state index >= 15 is 0 Å². The molecule has 4 nitrogen and oxygen atoms in total. The molecule has 0 spiro atoms. The van der Waals surface area contributed by atoms with Gasteiger partial charge in [-0.2, -0.15) is 9.98 Å². The second-order valence-electron chi connectivity index (χ2n) is 3.52. The standard InChI is InChI=1S/C11H14N2O2S/c1-3-10(8-12)13-16(14,15)11-6-4-9(2)5-7-11/h4-7,10,13H,3H2,1-2H3. The van der Waals surface area contributed by atoms with Gasteiger partial charge in [0.25, 0.3) is 0 Å². The van der Waals surface area contributed by atoms with Gasteiger partial charge in [0.2, 0.25) is 10.0 Å². The highest BCUT2D eigenvalue weighted by atomic mass is 32.2. The van der Waals surface area contributed by atoms with Gasteiger partial charge < -0.3 is 0 Å². The maximum atomic E-state index is 11.8. The largest absolute Gasteiger partial charge is 0.241 e. The molecule has 1 unspecified atom stereocenters. The van der Waals surface area contributed by atoms with Crippen LogP contribution in [0, 0.1) is 18.3 Å². The summed E-state index contributed by atoms with van der Waals surface area (Å²) in [7, 11) is -3.57. The molecule has 0 aliphatic heterocycles. The van der Waals surface area contributed by atoms with Crippen LogP contribution in [0.3, 0.4) is 0 Å². The normalized spacial score (nSPS) is 13.1. The second-order valence-corrected chi connectivity index (χ2v) is 5.24. The van der Waals surface area contributed by atoms with Gasteiger partial charge in [0.1, 0.15) is 6.04 Å². The Bertz CT molecular complexity index is 486. The van der Waals surface area contributed by atoms with Crippen molar-refractivity contribution in [2.45, 2.75) is 31.2 Å². The monoisotopic (exact) mass is 238 g/mol. The Kier molecular flexibility index (Phi) is 4.05. The summed E-state index contributed by atoms with van der Waals surface area (Å²) in [5.41, 5.74) is 0.992. The fourth-order valence-electron chi connectivity index (χ4n) is 1.17. The molecule has 1 atom stereocenters. The van der Waals surface area contributed by atoms with Crippen molar-refractivity contribution in [3.63, 3.8) is 0 Å². The Balaban J connectivity index is 2.95. The van der Waals surface area contributed by atoms with Gasteiger partial charge in [-0.15, -0.1) is 0 Å². The van der Waals surface area contributed by atoms with E-state index in [1.165, 1.54) is 12.1 Å². The molecule has 16 heavy (non-hydrogen) atoms. The number of aryl methyl sites for hydroxylation is 1. The van der Waals surface area contributed by atoms with Crippen molar-refractivity contribution in [3.05, 3.63) is 29.8 Å². The van der Waals surface area contributed by atoms with Crippen molar-refractivity contribution < 1.29 is 8.42 Å². The summed E-state index contributed by atoms with van der Waals surface area (Å²) in [6, 6.07) is 7.73. The first-order valence-corrected chi connectivity index (χ1v) is 6.46. The van der Waals surface area contributed by atoms with Crippen LogP contribution in [-0.2, 0) is 10.0 Å². The SMILES string of the molecule is CCC(C#N)NS(=O)(=O)c1ccc(C)cc1. The molecule has 1 rings (SSSR count). The third kappa shape index (κ3) is 3.05. The van der Waals surface area contributed by atoms with Gasteiger partial charge in [-0.1, -0.05) is 24.6 Å². The predicted octanol–water partition coefficient (Wildman–Crippen LogP) is 1.58. The van der Waals surface area contributed by atoms with Gasteiger partial charge in [0.05, 0.1) is 11.0 Å². The van der Waals surface area contributed by atoms with Crippen LogP contribution in [0.5, 0.6) is 0 Å². The minimum atomic E-state index is -3.57. The molecule has 1 aromatic rings. The first kappa shape index (κ1) is 12.7. The lowest BCUT2D eigenvalue weighted by Gasteiger charge is -2.10. The third-order valence-electron chi connectivity index (χ3n) is 2.19. The highest BCUT2D eigenvalue weighted by Crippen LogP contribution is 2.10. The average molecular weight is 238 g/mol. The van der Waals surface area contributed by atoms with Crippen molar-refractivity contribution >= 4 is 10.0 Å². The topological polar surface area (TPSA) is 70.0 Å². The summed E-state index contributed by atoms with van der Waals surface area (Å²) in [5, 5.41) is 8.70. The maximum Gasteiger partial charge on any atom is 0.241 e. The molecule has 0 heterocycles. The molecule has 0 amide bonds.